The molecule has 0 aliphatic carbocycles. The number of nitrogens with zero attached hydrogens (tertiary/aromatic N) is 2. The Labute approximate surface area is 132 Å². The average Bonchev–Trinajstić information content (AvgIpc) is 2.72. The first-order valence-electron chi connectivity index (χ1n) is 6.79. The lowest BCUT2D eigenvalue weighted by atomic mass is 10.1. The van der Waals surface area contributed by atoms with E-state index in [0.29, 0.717) is 16.4 Å². The molecule has 1 amide bonds. The number of hydrogen-bond donors (Lipinski definition) is 2. The molecule has 7 heteroatoms. The molecule has 1 unspecified atom stereocenters. The first kappa shape index (κ1) is 16.5. The lowest BCUT2D eigenvalue weighted by molar-refractivity contribution is -0.122. The third-order valence-electron chi connectivity index (χ3n) is 3.34. The van der Waals surface area contributed by atoms with Crippen molar-refractivity contribution in [2.24, 2.45) is 0 Å². The summed E-state index contributed by atoms with van der Waals surface area (Å²) in [6.45, 7) is 3.44. The van der Waals surface area contributed by atoms with Crippen LogP contribution in [-0.4, -0.2) is 27.3 Å². The van der Waals surface area contributed by atoms with Crippen molar-refractivity contribution in [3.63, 3.8) is 0 Å². The summed E-state index contributed by atoms with van der Waals surface area (Å²) in [7, 11) is 0. The fraction of sp³-hybridized carbons (Fsp3) is 0.333. The monoisotopic (exact) mass is 325 g/mol. The van der Waals surface area contributed by atoms with Gasteiger partial charge in [0, 0.05) is 12.1 Å². The van der Waals surface area contributed by atoms with Gasteiger partial charge < -0.3 is 10.4 Å². The van der Waals surface area contributed by atoms with Crippen molar-refractivity contribution in [3.05, 3.63) is 52.1 Å². The molecule has 0 spiro atoms. The zero-order valence-electron chi connectivity index (χ0n) is 12.3. The third-order valence-corrected chi connectivity index (χ3v) is 3.89. The van der Waals surface area contributed by atoms with E-state index in [2.05, 4.69) is 10.4 Å². The highest BCUT2D eigenvalue weighted by Gasteiger charge is 2.15. The molecule has 118 valence electrons. The van der Waals surface area contributed by atoms with Gasteiger partial charge in [0.15, 0.2) is 0 Å². The van der Waals surface area contributed by atoms with E-state index in [1.165, 1.54) is 22.9 Å². The van der Waals surface area contributed by atoms with E-state index in [0.717, 1.165) is 0 Å². The highest BCUT2D eigenvalue weighted by atomic mass is 35.5. The number of aryl methyl sites for hydroxylation is 1. The maximum absolute atomic E-state index is 13.5. The number of aliphatic hydroxyl groups is 1. The number of carbonyl (C=O) groups excluding carboxylic acids is 1. The van der Waals surface area contributed by atoms with Crippen molar-refractivity contribution in [3.8, 4) is 0 Å². The lowest BCUT2D eigenvalue weighted by Crippen LogP contribution is -2.32. The normalized spacial score (nSPS) is 12.2. The minimum absolute atomic E-state index is 0.0105. The van der Waals surface area contributed by atoms with Crippen LogP contribution in [0, 0.1) is 19.7 Å². The predicted octanol–water partition coefficient (Wildman–Crippen LogP) is 2.14. The summed E-state index contributed by atoms with van der Waals surface area (Å²) in [5.41, 5.74) is 1.50. The van der Waals surface area contributed by atoms with Gasteiger partial charge in [0.1, 0.15) is 12.4 Å². The van der Waals surface area contributed by atoms with Crippen molar-refractivity contribution < 1.29 is 14.3 Å². The van der Waals surface area contributed by atoms with Crippen LogP contribution in [0.5, 0.6) is 0 Å². The molecule has 5 nitrogen and oxygen atoms in total. The number of hydrogen-bond acceptors (Lipinski definition) is 3. The molecule has 22 heavy (non-hydrogen) atoms. The van der Waals surface area contributed by atoms with E-state index in [1.54, 1.807) is 19.9 Å². The Morgan fingerprint density at radius 3 is 2.73 bits per heavy atom. The van der Waals surface area contributed by atoms with Gasteiger partial charge in [-0.15, -0.1) is 0 Å². The average molecular weight is 326 g/mol. The molecule has 2 aromatic rings. The van der Waals surface area contributed by atoms with Crippen LogP contribution in [0.2, 0.25) is 5.02 Å². The second-order valence-electron chi connectivity index (χ2n) is 4.98. The molecule has 0 aliphatic heterocycles. The smallest absolute Gasteiger partial charge is 0.241 e. The number of benzene rings is 1. The largest absolute Gasteiger partial charge is 0.386 e. The van der Waals surface area contributed by atoms with Gasteiger partial charge in [-0.2, -0.15) is 5.10 Å². The number of aromatic nitrogens is 2. The summed E-state index contributed by atoms with van der Waals surface area (Å²) in [5.74, 6) is -0.841. The molecule has 2 N–H and O–H groups in total. The van der Waals surface area contributed by atoms with Crippen LogP contribution in [0.25, 0.3) is 0 Å². The number of halogens is 2. The van der Waals surface area contributed by atoms with Crippen LogP contribution < -0.4 is 5.32 Å². The van der Waals surface area contributed by atoms with E-state index in [9.17, 15) is 14.3 Å². The Morgan fingerprint density at radius 2 is 2.14 bits per heavy atom. The summed E-state index contributed by atoms with van der Waals surface area (Å²) in [5, 5.41) is 17.2. The first-order valence-corrected chi connectivity index (χ1v) is 7.16. The number of amides is 1. The fourth-order valence-corrected chi connectivity index (χ4v) is 2.22. The molecule has 0 saturated heterocycles. The Bertz CT molecular complexity index is 687. The summed E-state index contributed by atoms with van der Waals surface area (Å²) < 4.78 is 15.0. The fourth-order valence-electron chi connectivity index (χ4n) is 2.09. The minimum Gasteiger partial charge on any atom is -0.386 e. The predicted molar refractivity (Wildman–Crippen MR) is 81.1 cm³/mol. The van der Waals surface area contributed by atoms with E-state index in [-0.39, 0.29) is 24.6 Å². The molecule has 0 saturated carbocycles. The van der Waals surface area contributed by atoms with Crippen LogP contribution in [0.3, 0.4) is 0 Å². The molecule has 1 heterocycles. The summed E-state index contributed by atoms with van der Waals surface area (Å²) in [6, 6.07) is 5.91. The van der Waals surface area contributed by atoms with Crippen molar-refractivity contribution in [2.45, 2.75) is 26.5 Å². The quantitative estimate of drug-likeness (QED) is 0.885. The minimum atomic E-state index is -1.10. The topological polar surface area (TPSA) is 67.2 Å². The summed E-state index contributed by atoms with van der Waals surface area (Å²) >= 11 is 6.01. The highest BCUT2D eigenvalue weighted by molar-refractivity contribution is 6.31. The third kappa shape index (κ3) is 3.64. The van der Waals surface area contributed by atoms with Crippen LogP contribution in [0.4, 0.5) is 4.39 Å². The Hall–Kier alpha value is -1.92. The standard InChI is InChI=1S/C15H17ClFN3O2/c1-9-15(16)10(2)20(19-9)8-14(22)18-7-13(21)11-5-3-4-6-12(11)17/h3-6,13,21H,7-8H2,1-2H3,(H,18,22). The van der Waals surface area contributed by atoms with E-state index in [4.69, 9.17) is 11.6 Å². The molecule has 1 atom stereocenters. The van der Waals surface area contributed by atoms with Gasteiger partial charge in [0.25, 0.3) is 0 Å². The lowest BCUT2D eigenvalue weighted by Gasteiger charge is -2.13. The van der Waals surface area contributed by atoms with Crippen molar-refractivity contribution in [1.29, 1.82) is 0 Å². The zero-order valence-corrected chi connectivity index (χ0v) is 13.1. The van der Waals surface area contributed by atoms with E-state index in [1.807, 2.05) is 0 Å². The van der Waals surface area contributed by atoms with Gasteiger partial charge in [0.2, 0.25) is 5.91 Å². The van der Waals surface area contributed by atoms with Crippen molar-refractivity contribution >= 4 is 17.5 Å². The Balaban J connectivity index is 1.93. The maximum Gasteiger partial charge on any atom is 0.241 e. The molecule has 1 aromatic heterocycles. The first-order chi connectivity index (χ1) is 10.4. The van der Waals surface area contributed by atoms with Gasteiger partial charge in [-0.25, -0.2) is 4.39 Å². The summed E-state index contributed by atoms with van der Waals surface area (Å²) in [6.07, 6.45) is -1.10. The van der Waals surface area contributed by atoms with Gasteiger partial charge in [0.05, 0.1) is 22.5 Å². The molecule has 0 fully saturated rings. The van der Waals surface area contributed by atoms with Crippen molar-refractivity contribution in [1.82, 2.24) is 15.1 Å². The van der Waals surface area contributed by atoms with Crippen LogP contribution in [0.15, 0.2) is 24.3 Å². The second kappa shape index (κ2) is 6.89. The SMILES string of the molecule is Cc1nn(CC(=O)NCC(O)c2ccccc2F)c(C)c1Cl. The molecule has 0 bridgehead atoms. The molecule has 0 aliphatic rings. The highest BCUT2D eigenvalue weighted by Crippen LogP contribution is 2.19. The summed E-state index contributed by atoms with van der Waals surface area (Å²) in [4.78, 5) is 11.9. The van der Waals surface area contributed by atoms with Crippen LogP contribution >= 0.6 is 11.6 Å². The van der Waals surface area contributed by atoms with Gasteiger partial charge in [-0.3, -0.25) is 9.48 Å². The van der Waals surface area contributed by atoms with Gasteiger partial charge in [-0.1, -0.05) is 29.8 Å². The maximum atomic E-state index is 13.5. The van der Waals surface area contributed by atoms with Crippen LogP contribution in [-0.2, 0) is 11.3 Å². The van der Waals surface area contributed by atoms with E-state index < -0.39 is 11.9 Å². The molecule has 2 rings (SSSR count). The van der Waals surface area contributed by atoms with Gasteiger partial charge >= 0.3 is 0 Å². The number of rotatable bonds is 5. The number of nitrogens with one attached hydrogen (secondary N) is 1. The molecular weight excluding hydrogens is 309 g/mol. The second-order valence-corrected chi connectivity index (χ2v) is 5.36. The van der Waals surface area contributed by atoms with Gasteiger partial charge in [-0.05, 0) is 19.9 Å². The Morgan fingerprint density at radius 1 is 1.45 bits per heavy atom. The molecule has 1 aromatic carbocycles. The van der Waals surface area contributed by atoms with Crippen molar-refractivity contribution in [2.75, 3.05) is 6.54 Å². The molecular formula is C15H17ClFN3O2. The van der Waals surface area contributed by atoms with Crippen LogP contribution in [0.1, 0.15) is 23.1 Å². The Kier molecular flexibility index (Phi) is 5.15. The van der Waals surface area contributed by atoms with E-state index >= 15 is 0 Å². The number of carbonyl (C=O) groups is 1. The molecule has 0 radical (unpaired) electrons. The number of aliphatic hydroxyl groups excluding tert-OH is 1. The zero-order chi connectivity index (χ0) is 16.3.